The van der Waals surface area contributed by atoms with E-state index in [4.69, 9.17) is 9.15 Å². The first-order valence-corrected chi connectivity index (χ1v) is 8.80. The lowest BCUT2D eigenvalue weighted by atomic mass is 10.1. The third kappa shape index (κ3) is 4.50. The van der Waals surface area contributed by atoms with Crippen LogP contribution in [0.1, 0.15) is 41.1 Å². The number of benzene rings is 1. The number of ether oxygens (including phenoxy) is 1. The SMILES string of the molecule is Cc1occc1C(=O)NCc1ccccc1CN1C[C@@H](C)O[C@H](C)C1. The highest BCUT2D eigenvalue weighted by Crippen LogP contribution is 2.17. The maximum absolute atomic E-state index is 12.3. The largest absolute Gasteiger partial charge is 0.469 e. The number of amides is 1. The first kappa shape index (κ1) is 17.7. The van der Waals surface area contributed by atoms with Crippen LogP contribution < -0.4 is 5.32 Å². The topological polar surface area (TPSA) is 54.7 Å². The van der Waals surface area contributed by atoms with Gasteiger partial charge in [0.15, 0.2) is 0 Å². The number of aryl methyl sites for hydroxylation is 1. The number of carbonyl (C=O) groups excluding carboxylic acids is 1. The number of hydrogen-bond donors (Lipinski definition) is 1. The Labute approximate surface area is 149 Å². The maximum Gasteiger partial charge on any atom is 0.255 e. The van der Waals surface area contributed by atoms with Crippen molar-refractivity contribution in [2.75, 3.05) is 13.1 Å². The summed E-state index contributed by atoms with van der Waals surface area (Å²) in [6.07, 6.45) is 2.04. The van der Waals surface area contributed by atoms with E-state index in [0.29, 0.717) is 17.9 Å². The van der Waals surface area contributed by atoms with Crippen molar-refractivity contribution < 1.29 is 13.9 Å². The lowest BCUT2D eigenvalue weighted by molar-refractivity contribution is -0.0705. The molecule has 1 fully saturated rings. The van der Waals surface area contributed by atoms with Crippen LogP contribution in [-0.2, 0) is 17.8 Å². The maximum atomic E-state index is 12.3. The molecule has 0 saturated carbocycles. The average Bonchev–Trinajstić information content (AvgIpc) is 2.99. The summed E-state index contributed by atoms with van der Waals surface area (Å²) in [4.78, 5) is 14.7. The van der Waals surface area contributed by atoms with Crippen molar-refractivity contribution in [2.45, 2.75) is 46.1 Å². The number of morpholine rings is 1. The normalized spacial score (nSPS) is 21.2. The first-order valence-electron chi connectivity index (χ1n) is 8.80. The van der Waals surface area contributed by atoms with Gasteiger partial charge >= 0.3 is 0 Å². The molecule has 1 aliphatic rings. The summed E-state index contributed by atoms with van der Waals surface area (Å²) < 4.78 is 11.0. The molecule has 0 unspecified atom stereocenters. The van der Waals surface area contributed by atoms with E-state index in [1.165, 1.54) is 5.56 Å². The van der Waals surface area contributed by atoms with Gasteiger partial charge in [0.2, 0.25) is 0 Å². The minimum absolute atomic E-state index is 0.102. The van der Waals surface area contributed by atoms with E-state index >= 15 is 0 Å². The molecule has 1 aromatic carbocycles. The highest BCUT2D eigenvalue weighted by Gasteiger charge is 2.22. The zero-order chi connectivity index (χ0) is 17.8. The van der Waals surface area contributed by atoms with Crippen LogP contribution in [0.5, 0.6) is 0 Å². The number of rotatable bonds is 5. The number of nitrogens with zero attached hydrogens (tertiary/aromatic N) is 1. The van der Waals surface area contributed by atoms with Gasteiger partial charge in [0.25, 0.3) is 5.91 Å². The third-order valence-electron chi connectivity index (χ3n) is 4.55. The third-order valence-corrected chi connectivity index (χ3v) is 4.55. The van der Waals surface area contributed by atoms with Gasteiger partial charge < -0.3 is 14.5 Å². The van der Waals surface area contributed by atoms with Crippen LogP contribution in [-0.4, -0.2) is 36.1 Å². The van der Waals surface area contributed by atoms with Crippen LogP contribution in [0.15, 0.2) is 41.0 Å². The Hall–Kier alpha value is -2.11. The van der Waals surface area contributed by atoms with Gasteiger partial charge in [-0.1, -0.05) is 24.3 Å². The zero-order valence-electron chi connectivity index (χ0n) is 15.1. The standard InChI is InChI=1S/C20H26N2O3/c1-14-11-22(12-15(2)25-14)13-18-7-5-4-6-17(18)10-21-20(23)19-8-9-24-16(19)3/h4-9,14-15H,10-13H2,1-3H3,(H,21,23)/t14-,15-/m1/s1. The molecule has 134 valence electrons. The number of hydrogen-bond acceptors (Lipinski definition) is 4. The van der Waals surface area contributed by atoms with E-state index in [2.05, 4.69) is 36.2 Å². The molecule has 2 atom stereocenters. The fourth-order valence-electron chi connectivity index (χ4n) is 3.43. The van der Waals surface area contributed by atoms with Crippen LogP contribution in [0.4, 0.5) is 0 Å². The van der Waals surface area contributed by atoms with E-state index in [-0.39, 0.29) is 18.1 Å². The minimum Gasteiger partial charge on any atom is -0.469 e. The van der Waals surface area contributed by atoms with E-state index in [0.717, 1.165) is 25.2 Å². The van der Waals surface area contributed by atoms with Crippen LogP contribution in [0.25, 0.3) is 0 Å². The average molecular weight is 342 g/mol. The molecule has 0 bridgehead atoms. The number of nitrogens with one attached hydrogen (secondary N) is 1. The van der Waals surface area contributed by atoms with Crippen LogP contribution >= 0.6 is 0 Å². The molecule has 1 amide bonds. The van der Waals surface area contributed by atoms with Crippen molar-refractivity contribution >= 4 is 5.91 Å². The molecule has 5 heteroatoms. The number of carbonyl (C=O) groups is 1. The van der Waals surface area contributed by atoms with Gasteiger partial charge in [-0.05, 0) is 38.0 Å². The van der Waals surface area contributed by atoms with Crippen LogP contribution in [0.2, 0.25) is 0 Å². The molecule has 0 spiro atoms. The Balaban J connectivity index is 1.65. The van der Waals surface area contributed by atoms with Crippen LogP contribution in [0, 0.1) is 6.92 Å². The summed E-state index contributed by atoms with van der Waals surface area (Å²) >= 11 is 0. The van der Waals surface area contributed by atoms with Crippen molar-refractivity contribution in [3.8, 4) is 0 Å². The molecule has 2 heterocycles. The highest BCUT2D eigenvalue weighted by atomic mass is 16.5. The minimum atomic E-state index is -0.102. The van der Waals surface area contributed by atoms with Crippen molar-refractivity contribution in [3.63, 3.8) is 0 Å². The molecule has 1 aliphatic heterocycles. The van der Waals surface area contributed by atoms with E-state index in [1.54, 1.807) is 19.3 Å². The van der Waals surface area contributed by atoms with Crippen molar-refractivity contribution in [3.05, 3.63) is 59.0 Å². The molecular weight excluding hydrogens is 316 g/mol. The van der Waals surface area contributed by atoms with E-state index < -0.39 is 0 Å². The van der Waals surface area contributed by atoms with Gasteiger partial charge in [0.05, 0.1) is 24.0 Å². The quantitative estimate of drug-likeness (QED) is 0.907. The van der Waals surface area contributed by atoms with Crippen molar-refractivity contribution in [1.29, 1.82) is 0 Å². The first-order chi connectivity index (χ1) is 12.0. The Morgan fingerprint density at radius 2 is 1.84 bits per heavy atom. The monoisotopic (exact) mass is 342 g/mol. The van der Waals surface area contributed by atoms with Gasteiger partial charge in [-0.15, -0.1) is 0 Å². The van der Waals surface area contributed by atoms with Gasteiger partial charge in [0, 0.05) is 26.2 Å². The lowest BCUT2D eigenvalue weighted by Gasteiger charge is -2.35. The second-order valence-corrected chi connectivity index (χ2v) is 6.79. The second kappa shape index (κ2) is 7.85. The second-order valence-electron chi connectivity index (χ2n) is 6.79. The Morgan fingerprint density at radius 1 is 1.16 bits per heavy atom. The predicted octanol–water partition coefficient (Wildman–Crippen LogP) is 3.13. The number of furan rings is 1. The summed E-state index contributed by atoms with van der Waals surface area (Å²) in [6.45, 7) is 9.26. The highest BCUT2D eigenvalue weighted by molar-refractivity contribution is 5.94. The van der Waals surface area contributed by atoms with Crippen molar-refractivity contribution in [1.82, 2.24) is 10.2 Å². The van der Waals surface area contributed by atoms with Crippen molar-refractivity contribution in [2.24, 2.45) is 0 Å². The summed E-state index contributed by atoms with van der Waals surface area (Å²) in [6, 6.07) is 9.97. The predicted molar refractivity (Wildman–Crippen MR) is 96.3 cm³/mol. The molecule has 25 heavy (non-hydrogen) atoms. The van der Waals surface area contributed by atoms with E-state index in [9.17, 15) is 4.79 Å². The van der Waals surface area contributed by atoms with Gasteiger partial charge in [-0.2, -0.15) is 0 Å². The fraction of sp³-hybridized carbons (Fsp3) is 0.450. The Bertz CT molecular complexity index is 715. The van der Waals surface area contributed by atoms with Gasteiger partial charge in [0.1, 0.15) is 5.76 Å². The molecule has 0 aliphatic carbocycles. The molecule has 1 N–H and O–H groups in total. The van der Waals surface area contributed by atoms with Crippen LogP contribution in [0.3, 0.4) is 0 Å². The molecule has 2 aromatic rings. The smallest absolute Gasteiger partial charge is 0.255 e. The molecule has 3 rings (SSSR count). The molecule has 1 saturated heterocycles. The summed E-state index contributed by atoms with van der Waals surface area (Å²) in [5.74, 6) is 0.539. The van der Waals surface area contributed by atoms with E-state index in [1.807, 2.05) is 12.1 Å². The summed E-state index contributed by atoms with van der Waals surface area (Å²) in [7, 11) is 0. The molecular formula is C20H26N2O3. The fourth-order valence-corrected chi connectivity index (χ4v) is 3.43. The zero-order valence-corrected chi connectivity index (χ0v) is 15.1. The molecule has 1 aromatic heterocycles. The van der Waals surface area contributed by atoms with Gasteiger partial charge in [-0.25, -0.2) is 0 Å². The molecule has 0 radical (unpaired) electrons. The Morgan fingerprint density at radius 3 is 2.48 bits per heavy atom. The van der Waals surface area contributed by atoms with Gasteiger partial charge in [-0.3, -0.25) is 9.69 Å². The molecule has 5 nitrogen and oxygen atoms in total. The summed E-state index contributed by atoms with van der Waals surface area (Å²) in [5.41, 5.74) is 2.98. The summed E-state index contributed by atoms with van der Waals surface area (Å²) in [5, 5.41) is 3.00. The Kier molecular flexibility index (Phi) is 5.56. The lowest BCUT2D eigenvalue weighted by Crippen LogP contribution is -2.45.